The number of piperidine rings is 1. The Kier molecular flexibility index (Phi) is 3.29. The Hall–Kier alpha value is 0.350. The van der Waals surface area contributed by atoms with Gasteiger partial charge in [-0.1, -0.05) is 6.42 Å². The van der Waals surface area contributed by atoms with Gasteiger partial charge in [-0.3, -0.25) is 0 Å². The molecule has 0 aromatic rings. The average Bonchev–Trinajstić information content (AvgIpc) is 2.06. The maximum Gasteiger partial charge on any atom is 0.289 e. The van der Waals surface area contributed by atoms with Crippen molar-refractivity contribution in [2.75, 3.05) is 13.1 Å². The summed E-state index contributed by atoms with van der Waals surface area (Å²) >= 11 is 2.73. The van der Waals surface area contributed by atoms with E-state index in [2.05, 4.69) is 19.9 Å². The Morgan fingerprint density at radius 3 is 2.18 bits per heavy atom. The van der Waals surface area contributed by atoms with Gasteiger partial charge in [-0.05, 0) is 12.8 Å². The van der Waals surface area contributed by atoms with Crippen LogP contribution in [0.25, 0.3) is 0 Å². The molecule has 1 rings (SSSR count). The standard InChI is InChI=1S/C5H11BrN2O2S/c6-7-11(9,10)8-4-2-1-3-5-8/h7H,1-5H2. The van der Waals surface area contributed by atoms with Crippen LogP contribution in [-0.2, 0) is 10.2 Å². The van der Waals surface area contributed by atoms with Gasteiger partial charge in [0.05, 0.1) is 0 Å². The van der Waals surface area contributed by atoms with Gasteiger partial charge in [-0.25, -0.2) is 0 Å². The molecule has 0 spiro atoms. The van der Waals surface area contributed by atoms with E-state index in [0.29, 0.717) is 13.1 Å². The molecule has 0 radical (unpaired) electrons. The Labute approximate surface area is 75.5 Å². The maximum atomic E-state index is 11.1. The molecule has 0 bridgehead atoms. The van der Waals surface area contributed by atoms with Crippen LogP contribution in [0.4, 0.5) is 0 Å². The number of rotatable bonds is 2. The minimum absolute atomic E-state index is 0.640. The minimum atomic E-state index is -3.22. The van der Waals surface area contributed by atoms with Gasteiger partial charge >= 0.3 is 0 Å². The van der Waals surface area contributed by atoms with E-state index >= 15 is 0 Å². The van der Waals surface area contributed by atoms with Crippen LogP contribution in [0.2, 0.25) is 0 Å². The molecule has 0 atom stereocenters. The molecule has 1 heterocycles. The van der Waals surface area contributed by atoms with E-state index in [1.54, 1.807) is 0 Å². The van der Waals surface area contributed by atoms with Crippen molar-refractivity contribution in [2.24, 2.45) is 0 Å². The van der Waals surface area contributed by atoms with Crippen LogP contribution in [0.3, 0.4) is 0 Å². The van der Waals surface area contributed by atoms with Crippen LogP contribution in [0, 0.1) is 0 Å². The summed E-state index contributed by atoms with van der Waals surface area (Å²) in [5, 5.41) is 0. The van der Waals surface area contributed by atoms with Crippen molar-refractivity contribution in [1.82, 2.24) is 8.05 Å². The monoisotopic (exact) mass is 242 g/mol. The van der Waals surface area contributed by atoms with E-state index in [4.69, 9.17) is 0 Å². The highest BCUT2D eigenvalue weighted by atomic mass is 79.9. The lowest BCUT2D eigenvalue weighted by Crippen LogP contribution is -2.40. The average molecular weight is 243 g/mol. The second-order valence-corrected chi connectivity index (χ2v) is 5.13. The molecular weight excluding hydrogens is 232 g/mol. The number of hydrogen-bond acceptors (Lipinski definition) is 2. The van der Waals surface area contributed by atoms with Crippen LogP contribution < -0.4 is 3.75 Å². The van der Waals surface area contributed by atoms with E-state index in [-0.39, 0.29) is 0 Å². The molecule has 0 unspecified atom stereocenters. The van der Waals surface area contributed by atoms with Crippen LogP contribution in [0.5, 0.6) is 0 Å². The van der Waals surface area contributed by atoms with Crippen molar-refractivity contribution < 1.29 is 8.42 Å². The minimum Gasteiger partial charge on any atom is -0.194 e. The van der Waals surface area contributed by atoms with Gasteiger partial charge < -0.3 is 0 Å². The van der Waals surface area contributed by atoms with E-state index in [9.17, 15) is 8.42 Å². The maximum absolute atomic E-state index is 11.1. The summed E-state index contributed by atoms with van der Waals surface area (Å²) in [7, 11) is -3.22. The van der Waals surface area contributed by atoms with E-state index in [0.717, 1.165) is 19.3 Å². The first-order chi connectivity index (χ1) is 5.17. The van der Waals surface area contributed by atoms with Crippen molar-refractivity contribution >= 4 is 26.4 Å². The third kappa shape index (κ3) is 2.40. The highest BCUT2D eigenvalue weighted by Gasteiger charge is 2.21. The highest BCUT2D eigenvalue weighted by Crippen LogP contribution is 2.11. The number of hydrogen-bond donors (Lipinski definition) is 1. The van der Waals surface area contributed by atoms with Gasteiger partial charge in [-0.2, -0.15) is 12.7 Å². The van der Waals surface area contributed by atoms with E-state index in [1.807, 2.05) is 0 Å². The van der Waals surface area contributed by atoms with Gasteiger partial charge in [0.1, 0.15) is 0 Å². The Morgan fingerprint density at radius 1 is 1.18 bits per heavy atom. The molecule has 66 valence electrons. The second-order valence-electron chi connectivity index (χ2n) is 2.54. The summed E-state index contributed by atoms with van der Waals surface area (Å²) in [6.07, 6.45) is 3.07. The lowest BCUT2D eigenvalue weighted by molar-refractivity contribution is 0.346. The van der Waals surface area contributed by atoms with Crippen molar-refractivity contribution in [2.45, 2.75) is 19.3 Å². The van der Waals surface area contributed by atoms with Gasteiger partial charge in [0.15, 0.2) is 0 Å². The predicted molar refractivity (Wildman–Crippen MR) is 46.4 cm³/mol. The molecule has 1 aliphatic heterocycles. The van der Waals surface area contributed by atoms with Crippen LogP contribution in [-0.4, -0.2) is 25.8 Å². The third-order valence-electron chi connectivity index (χ3n) is 1.75. The zero-order valence-corrected chi connectivity index (χ0v) is 8.49. The molecule has 1 fully saturated rings. The smallest absolute Gasteiger partial charge is 0.194 e. The third-order valence-corrected chi connectivity index (χ3v) is 4.22. The number of nitrogens with zero attached hydrogens (tertiary/aromatic N) is 1. The fourth-order valence-corrected chi connectivity index (χ4v) is 2.60. The second kappa shape index (κ2) is 3.84. The number of halogens is 1. The first-order valence-electron chi connectivity index (χ1n) is 3.54. The first kappa shape index (κ1) is 9.44. The van der Waals surface area contributed by atoms with Crippen molar-refractivity contribution in [1.29, 1.82) is 0 Å². The Balaban J connectivity index is 2.58. The normalized spacial score (nSPS) is 21.9. The summed E-state index contributed by atoms with van der Waals surface area (Å²) in [6.45, 7) is 1.28. The molecular formula is C5H11BrN2O2S. The van der Waals surface area contributed by atoms with Crippen molar-refractivity contribution in [3.05, 3.63) is 0 Å². The Bertz CT molecular complexity index is 211. The molecule has 0 amide bonds. The molecule has 6 heteroatoms. The van der Waals surface area contributed by atoms with Crippen molar-refractivity contribution in [3.63, 3.8) is 0 Å². The zero-order valence-electron chi connectivity index (χ0n) is 6.09. The van der Waals surface area contributed by atoms with E-state index in [1.165, 1.54) is 4.31 Å². The molecule has 4 nitrogen and oxygen atoms in total. The molecule has 0 aromatic carbocycles. The summed E-state index contributed by atoms with van der Waals surface area (Å²) in [5.41, 5.74) is 0. The SMILES string of the molecule is O=S(=O)(NBr)N1CCCCC1. The fourth-order valence-electron chi connectivity index (χ4n) is 1.15. The summed E-state index contributed by atoms with van der Waals surface area (Å²) < 4.78 is 25.8. The van der Waals surface area contributed by atoms with Crippen molar-refractivity contribution in [3.8, 4) is 0 Å². The van der Waals surface area contributed by atoms with Crippen LogP contribution in [0.1, 0.15) is 19.3 Å². The summed E-state index contributed by atoms with van der Waals surface area (Å²) in [6, 6.07) is 0. The largest absolute Gasteiger partial charge is 0.289 e. The van der Waals surface area contributed by atoms with Crippen LogP contribution in [0.15, 0.2) is 0 Å². The molecule has 1 saturated heterocycles. The molecule has 1 aliphatic rings. The van der Waals surface area contributed by atoms with Gasteiger partial charge in [0.2, 0.25) is 0 Å². The van der Waals surface area contributed by atoms with E-state index < -0.39 is 10.2 Å². The topological polar surface area (TPSA) is 49.4 Å². The van der Waals surface area contributed by atoms with Gasteiger partial charge in [-0.15, -0.1) is 3.75 Å². The zero-order chi connectivity index (χ0) is 8.32. The first-order valence-corrected chi connectivity index (χ1v) is 5.77. The molecule has 0 aromatic heterocycles. The van der Waals surface area contributed by atoms with Gasteiger partial charge in [0, 0.05) is 29.2 Å². The highest BCUT2D eigenvalue weighted by molar-refractivity contribution is 9.09. The van der Waals surface area contributed by atoms with Gasteiger partial charge in [0.25, 0.3) is 10.2 Å². The lowest BCUT2D eigenvalue weighted by atomic mass is 10.2. The summed E-state index contributed by atoms with van der Waals surface area (Å²) in [5.74, 6) is 0. The molecule has 11 heavy (non-hydrogen) atoms. The predicted octanol–water partition coefficient (Wildman–Crippen LogP) is 0.617. The molecule has 0 saturated carbocycles. The van der Waals surface area contributed by atoms with Crippen LogP contribution >= 0.6 is 16.1 Å². The fraction of sp³-hybridized carbons (Fsp3) is 1.00. The summed E-state index contributed by atoms with van der Waals surface area (Å²) in [4.78, 5) is 0. The Morgan fingerprint density at radius 2 is 1.73 bits per heavy atom. The molecule has 1 N–H and O–H groups in total. The molecule has 0 aliphatic carbocycles. The lowest BCUT2D eigenvalue weighted by Gasteiger charge is -2.24. The quantitative estimate of drug-likeness (QED) is 0.722. The number of nitrogens with one attached hydrogen (secondary N) is 1.